The fourth-order valence-corrected chi connectivity index (χ4v) is 3.28. The number of thiocarbonyl (C=S) groups is 1. The van der Waals surface area contributed by atoms with Crippen molar-refractivity contribution in [2.45, 2.75) is 0 Å². The third kappa shape index (κ3) is 4.05. The maximum absolute atomic E-state index is 12.8. The molecule has 7 heteroatoms. The number of benzene rings is 2. The third-order valence-corrected chi connectivity index (χ3v) is 4.78. The molecule has 6 nitrogen and oxygen atoms in total. The van der Waals surface area contributed by atoms with Crippen LogP contribution in [0, 0.1) is 0 Å². The van der Waals surface area contributed by atoms with Gasteiger partial charge in [0.25, 0.3) is 11.8 Å². The van der Waals surface area contributed by atoms with E-state index in [4.69, 9.17) is 21.7 Å². The molecule has 0 aromatic heterocycles. The maximum Gasteiger partial charge on any atom is 0.265 e. The minimum Gasteiger partial charge on any atom is -0.493 e. The predicted octanol–water partition coefficient (Wildman–Crippen LogP) is 3.18. The Kier molecular flexibility index (Phi) is 6.09. The number of methoxy groups -OCH3 is 2. The van der Waals surface area contributed by atoms with Crippen LogP contribution in [0.25, 0.3) is 17.2 Å². The van der Waals surface area contributed by atoms with Gasteiger partial charge in [-0.3, -0.25) is 19.8 Å². The predicted molar refractivity (Wildman–Crippen MR) is 116 cm³/mol. The smallest absolute Gasteiger partial charge is 0.265 e. The van der Waals surface area contributed by atoms with Gasteiger partial charge in [-0.25, -0.2) is 0 Å². The first-order valence-corrected chi connectivity index (χ1v) is 9.22. The van der Waals surface area contributed by atoms with E-state index in [1.54, 1.807) is 32.4 Å². The van der Waals surface area contributed by atoms with Crippen molar-refractivity contribution < 1.29 is 19.1 Å². The Morgan fingerprint density at radius 2 is 1.83 bits per heavy atom. The van der Waals surface area contributed by atoms with E-state index < -0.39 is 11.8 Å². The molecule has 1 aliphatic rings. The second-order valence-corrected chi connectivity index (χ2v) is 6.57. The van der Waals surface area contributed by atoms with Gasteiger partial charge in [-0.05, 0) is 47.1 Å². The first kappa shape index (κ1) is 20.3. The van der Waals surface area contributed by atoms with Crippen molar-refractivity contribution in [2.24, 2.45) is 0 Å². The summed E-state index contributed by atoms with van der Waals surface area (Å²) >= 11 is 5.09. The number of amides is 2. The summed E-state index contributed by atoms with van der Waals surface area (Å²) in [4.78, 5) is 26.5. The zero-order valence-electron chi connectivity index (χ0n) is 16.1. The van der Waals surface area contributed by atoms with Gasteiger partial charge in [0.1, 0.15) is 5.57 Å². The summed E-state index contributed by atoms with van der Waals surface area (Å²) in [6.45, 7) is 3.84. The van der Waals surface area contributed by atoms with Crippen molar-refractivity contribution in [3.8, 4) is 22.6 Å². The number of hydrogen-bond donors (Lipinski definition) is 1. The molecule has 1 N–H and O–H groups in total. The Hall–Kier alpha value is -3.45. The van der Waals surface area contributed by atoms with Crippen LogP contribution in [0.5, 0.6) is 11.5 Å². The van der Waals surface area contributed by atoms with Gasteiger partial charge in [0.15, 0.2) is 16.6 Å². The van der Waals surface area contributed by atoms with Crippen molar-refractivity contribution in [2.75, 3.05) is 20.8 Å². The molecule has 0 unspecified atom stereocenters. The standard InChI is InChI=1S/C22H20N2O4S/c1-4-11-24-21(26)17(20(25)23-22(24)29)12-14-7-5-6-8-16(14)15-9-10-18(27-2)19(13-15)28-3/h4-10,12-13H,1,11H2,2-3H3,(H,23,25,29). The lowest BCUT2D eigenvalue weighted by Gasteiger charge is -2.27. The molecule has 0 saturated carbocycles. The summed E-state index contributed by atoms with van der Waals surface area (Å²) in [7, 11) is 3.14. The molecule has 1 aliphatic heterocycles. The molecule has 148 valence electrons. The van der Waals surface area contributed by atoms with Crippen LogP contribution in [-0.4, -0.2) is 42.6 Å². The Balaban J connectivity index is 2.07. The van der Waals surface area contributed by atoms with E-state index in [9.17, 15) is 9.59 Å². The molecule has 2 aromatic carbocycles. The summed E-state index contributed by atoms with van der Waals surface area (Å²) in [6, 6.07) is 13.0. The Bertz CT molecular complexity index is 1030. The van der Waals surface area contributed by atoms with Crippen LogP contribution in [0.4, 0.5) is 0 Å². The van der Waals surface area contributed by atoms with Crippen LogP contribution in [0.15, 0.2) is 60.7 Å². The highest BCUT2D eigenvalue weighted by Gasteiger charge is 2.32. The minimum absolute atomic E-state index is 0.00776. The van der Waals surface area contributed by atoms with E-state index in [0.717, 1.165) is 11.1 Å². The molecule has 2 amide bonds. The monoisotopic (exact) mass is 408 g/mol. The Morgan fingerprint density at radius 3 is 2.52 bits per heavy atom. The van der Waals surface area contributed by atoms with Gasteiger partial charge in [-0.2, -0.15) is 0 Å². The highest BCUT2D eigenvalue weighted by atomic mass is 32.1. The number of ether oxygens (including phenoxy) is 2. The second-order valence-electron chi connectivity index (χ2n) is 6.18. The number of rotatable bonds is 6. The molecule has 0 atom stereocenters. The van der Waals surface area contributed by atoms with Gasteiger partial charge < -0.3 is 9.47 Å². The van der Waals surface area contributed by atoms with Crippen LogP contribution in [0.1, 0.15) is 5.56 Å². The fraction of sp³-hybridized carbons (Fsp3) is 0.136. The number of carbonyl (C=O) groups excluding carboxylic acids is 2. The Labute approximate surface area is 174 Å². The van der Waals surface area contributed by atoms with Gasteiger partial charge >= 0.3 is 0 Å². The Morgan fingerprint density at radius 1 is 1.10 bits per heavy atom. The maximum atomic E-state index is 12.8. The first-order valence-electron chi connectivity index (χ1n) is 8.81. The van der Waals surface area contributed by atoms with Crippen molar-refractivity contribution in [1.29, 1.82) is 0 Å². The number of hydrogen-bond acceptors (Lipinski definition) is 5. The van der Waals surface area contributed by atoms with Crippen molar-refractivity contribution >= 4 is 35.2 Å². The van der Waals surface area contributed by atoms with Gasteiger partial charge in [-0.15, -0.1) is 6.58 Å². The molecule has 0 aliphatic carbocycles. The van der Waals surface area contributed by atoms with Gasteiger partial charge in [0.2, 0.25) is 0 Å². The highest BCUT2D eigenvalue weighted by molar-refractivity contribution is 7.80. The molecular formula is C22H20N2O4S. The van der Waals surface area contributed by atoms with Crippen molar-refractivity contribution in [3.63, 3.8) is 0 Å². The van der Waals surface area contributed by atoms with Gasteiger partial charge in [0.05, 0.1) is 14.2 Å². The number of nitrogens with one attached hydrogen (secondary N) is 1. The van der Waals surface area contributed by atoms with Crippen LogP contribution in [0.2, 0.25) is 0 Å². The normalized spacial score (nSPS) is 15.3. The van der Waals surface area contributed by atoms with Crippen molar-refractivity contribution in [1.82, 2.24) is 10.2 Å². The zero-order valence-corrected chi connectivity index (χ0v) is 16.9. The quantitative estimate of drug-likeness (QED) is 0.344. The molecule has 0 bridgehead atoms. The summed E-state index contributed by atoms with van der Waals surface area (Å²) < 4.78 is 10.7. The molecule has 3 rings (SSSR count). The van der Waals surface area contributed by atoms with Crippen LogP contribution >= 0.6 is 12.2 Å². The first-order chi connectivity index (χ1) is 14.0. The number of nitrogens with zero attached hydrogens (tertiary/aromatic N) is 1. The van der Waals surface area contributed by atoms with Crippen LogP contribution < -0.4 is 14.8 Å². The van der Waals surface area contributed by atoms with E-state index in [-0.39, 0.29) is 17.2 Å². The van der Waals surface area contributed by atoms with Gasteiger partial charge in [-0.1, -0.05) is 36.4 Å². The summed E-state index contributed by atoms with van der Waals surface area (Å²) in [5.41, 5.74) is 2.42. The SMILES string of the molecule is C=CCN1C(=O)C(=Cc2ccccc2-c2ccc(OC)c(OC)c2)C(=O)NC1=S. The molecular weight excluding hydrogens is 388 g/mol. The van der Waals surface area contributed by atoms with E-state index in [0.29, 0.717) is 17.1 Å². The molecule has 0 spiro atoms. The largest absolute Gasteiger partial charge is 0.493 e. The summed E-state index contributed by atoms with van der Waals surface area (Å²) in [6.07, 6.45) is 3.12. The second kappa shape index (κ2) is 8.70. The lowest BCUT2D eigenvalue weighted by Crippen LogP contribution is -2.53. The molecule has 1 saturated heterocycles. The molecule has 1 heterocycles. The molecule has 0 radical (unpaired) electrons. The topological polar surface area (TPSA) is 67.9 Å². The average Bonchev–Trinajstić information content (AvgIpc) is 2.74. The third-order valence-electron chi connectivity index (χ3n) is 4.45. The molecule has 2 aromatic rings. The van der Waals surface area contributed by atoms with E-state index >= 15 is 0 Å². The molecule has 29 heavy (non-hydrogen) atoms. The fourth-order valence-electron chi connectivity index (χ4n) is 3.03. The van der Waals surface area contributed by atoms with Crippen LogP contribution in [-0.2, 0) is 9.59 Å². The van der Waals surface area contributed by atoms with Crippen molar-refractivity contribution in [3.05, 3.63) is 66.3 Å². The van der Waals surface area contributed by atoms with E-state index in [1.807, 2.05) is 36.4 Å². The highest BCUT2D eigenvalue weighted by Crippen LogP contribution is 2.34. The van der Waals surface area contributed by atoms with E-state index in [2.05, 4.69) is 11.9 Å². The average molecular weight is 408 g/mol. The minimum atomic E-state index is -0.526. The van der Waals surface area contributed by atoms with Crippen LogP contribution in [0.3, 0.4) is 0 Å². The molecule has 1 fully saturated rings. The summed E-state index contributed by atoms with van der Waals surface area (Å²) in [5, 5.41) is 2.63. The zero-order chi connectivity index (χ0) is 21.0. The van der Waals surface area contributed by atoms with E-state index in [1.165, 1.54) is 4.90 Å². The summed E-state index contributed by atoms with van der Waals surface area (Å²) in [5.74, 6) is 0.215. The van der Waals surface area contributed by atoms with Gasteiger partial charge in [0, 0.05) is 6.54 Å². The lowest BCUT2D eigenvalue weighted by atomic mass is 9.97. The lowest BCUT2D eigenvalue weighted by molar-refractivity contribution is -0.128. The number of carbonyl (C=O) groups is 2.